The Labute approximate surface area is 314 Å². The molecule has 1 unspecified atom stereocenters. The van der Waals surface area contributed by atoms with Crippen molar-refractivity contribution >= 4 is 11.7 Å². The Kier molecular flexibility index (Phi) is 15.4. The van der Waals surface area contributed by atoms with Crippen LogP contribution in [-0.2, 0) is 33.2 Å². The molecule has 0 aliphatic carbocycles. The fourth-order valence-corrected chi connectivity index (χ4v) is 9.03. The SMILES string of the molecule is C=CCO[C@@]1(C)C[C@@H](C)/C(=N/O)[C@H](C)[C@@H](O)[C@](C)(O)[C@@H](CC)OC(=O)[C@H](C)[C@@H](OC2CC(C)(C)[C@@H](C)[C@H](C)O2)[C@H](C)[C@H]1O[C@@H]1O[C@H](C)C[C@H](C)[C@H]1C. The van der Waals surface area contributed by atoms with Crippen molar-refractivity contribution in [2.45, 2.75) is 183 Å². The van der Waals surface area contributed by atoms with Gasteiger partial charge >= 0.3 is 5.97 Å². The molecule has 0 aromatic heterocycles. The predicted octanol–water partition coefficient (Wildman–Crippen LogP) is 7.13. The molecule has 3 aliphatic heterocycles. The van der Waals surface area contributed by atoms with Crippen molar-refractivity contribution in [2.75, 3.05) is 6.61 Å². The Morgan fingerprint density at radius 2 is 1.58 bits per heavy atom. The number of ether oxygens (including phenoxy) is 6. The first kappa shape index (κ1) is 44.8. The highest BCUT2D eigenvalue weighted by atomic mass is 16.7. The number of carbonyl (C=O) groups is 1. The first-order chi connectivity index (χ1) is 24.1. The largest absolute Gasteiger partial charge is 0.459 e. The summed E-state index contributed by atoms with van der Waals surface area (Å²) in [6.45, 7) is 31.7. The number of oxime groups is 1. The van der Waals surface area contributed by atoms with Gasteiger partial charge in [0.1, 0.15) is 11.7 Å². The quantitative estimate of drug-likeness (QED) is 0.102. The topological polar surface area (TPSA) is 146 Å². The molecule has 0 spiro atoms. The van der Waals surface area contributed by atoms with E-state index in [-0.39, 0.29) is 48.2 Å². The van der Waals surface area contributed by atoms with Gasteiger partial charge in [0.15, 0.2) is 12.6 Å². The molecule has 11 nitrogen and oxygen atoms in total. The number of cyclic esters (lactones) is 1. The minimum absolute atomic E-state index is 0.0270. The number of esters is 1. The van der Waals surface area contributed by atoms with Gasteiger partial charge < -0.3 is 43.8 Å². The van der Waals surface area contributed by atoms with Gasteiger partial charge in [-0.15, -0.1) is 6.58 Å². The molecule has 0 bridgehead atoms. The number of nitrogens with zero attached hydrogens (tertiary/aromatic N) is 1. The van der Waals surface area contributed by atoms with Gasteiger partial charge in [-0.25, -0.2) is 0 Å². The van der Waals surface area contributed by atoms with E-state index in [1.807, 2.05) is 20.8 Å². The maximum absolute atomic E-state index is 14.3. The summed E-state index contributed by atoms with van der Waals surface area (Å²) < 4.78 is 39.9. The zero-order valence-corrected chi connectivity index (χ0v) is 34.6. The summed E-state index contributed by atoms with van der Waals surface area (Å²) in [7, 11) is 0. The van der Waals surface area contributed by atoms with Crippen LogP contribution in [0.5, 0.6) is 0 Å². The van der Waals surface area contributed by atoms with Crippen molar-refractivity contribution < 1.29 is 48.6 Å². The van der Waals surface area contributed by atoms with Crippen LogP contribution in [0.1, 0.15) is 123 Å². The summed E-state index contributed by atoms with van der Waals surface area (Å²) in [6.07, 6.45) is -1.60. The maximum atomic E-state index is 14.3. The molecule has 0 aromatic rings. The summed E-state index contributed by atoms with van der Waals surface area (Å²) in [5.41, 5.74) is -2.78. The second-order valence-corrected chi connectivity index (χ2v) is 17.8. The fourth-order valence-electron chi connectivity index (χ4n) is 9.03. The smallest absolute Gasteiger partial charge is 0.311 e. The third kappa shape index (κ3) is 9.79. The van der Waals surface area contributed by atoms with Crippen molar-refractivity contribution in [1.82, 2.24) is 0 Å². The van der Waals surface area contributed by atoms with Gasteiger partial charge in [-0.2, -0.15) is 0 Å². The van der Waals surface area contributed by atoms with Crippen LogP contribution in [0.25, 0.3) is 0 Å². The summed E-state index contributed by atoms with van der Waals surface area (Å²) >= 11 is 0. The van der Waals surface area contributed by atoms with Crippen LogP contribution in [0.2, 0.25) is 0 Å². The van der Waals surface area contributed by atoms with Crippen LogP contribution >= 0.6 is 0 Å². The van der Waals surface area contributed by atoms with E-state index in [2.05, 4.69) is 60.2 Å². The molecule has 3 aliphatic rings. The second-order valence-electron chi connectivity index (χ2n) is 17.8. The molecule has 3 rings (SSSR count). The second kappa shape index (κ2) is 17.9. The molecule has 3 heterocycles. The van der Waals surface area contributed by atoms with E-state index in [0.29, 0.717) is 18.8 Å². The molecule has 11 heteroatoms. The van der Waals surface area contributed by atoms with Crippen molar-refractivity contribution in [1.29, 1.82) is 0 Å². The minimum Gasteiger partial charge on any atom is -0.459 e. The molecule has 3 fully saturated rings. The molecule has 0 saturated carbocycles. The molecule has 0 aromatic carbocycles. The van der Waals surface area contributed by atoms with E-state index in [0.717, 1.165) is 6.42 Å². The highest BCUT2D eigenvalue weighted by Gasteiger charge is 2.53. The Hall–Kier alpha value is -1.60. The Morgan fingerprint density at radius 3 is 2.13 bits per heavy atom. The number of aliphatic hydroxyl groups excluding tert-OH is 1. The molecular formula is C41H73NO10. The van der Waals surface area contributed by atoms with Crippen LogP contribution in [0.3, 0.4) is 0 Å². The molecule has 52 heavy (non-hydrogen) atoms. The van der Waals surface area contributed by atoms with Gasteiger partial charge in [-0.3, -0.25) is 4.79 Å². The lowest BCUT2D eigenvalue weighted by molar-refractivity contribution is -0.304. The van der Waals surface area contributed by atoms with Gasteiger partial charge in [-0.1, -0.05) is 73.5 Å². The zero-order chi connectivity index (χ0) is 39.5. The Balaban J connectivity index is 2.27. The third-order valence-corrected chi connectivity index (χ3v) is 13.1. The van der Waals surface area contributed by atoms with E-state index in [1.165, 1.54) is 6.92 Å². The number of hydrogen-bond donors (Lipinski definition) is 3. The Bertz CT molecular complexity index is 1210. The molecular weight excluding hydrogens is 666 g/mol. The van der Waals surface area contributed by atoms with Crippen LogP contribution in [0, 0.1) is 46.8 Å². The third-order valence-electron chi connectivity index (χ3n) is 13.1. The summed E-state index contributed by atoms with van der Waals surface area (Å²) in [5.74, 6) is -2.52. The van der Waals surface area contributed by atoms with Crippen LogP contribution < -0.4 is 0 Å². The molecule has 3 N–H and O–H groups in total. The van der Waals surface area contributed by atoms with E-state index in [9.17, 15) is 20.2 Å². The number of carbonyl (C=O) groups excluding carboxylic acids is 1. The van der Waals surface area contributed by atoms with Gasteiger partial charge in [0, 0.05) is 30.1 Å². The molecule has 302 valence electrons. The van der Waals surface area contributed by atoms with Crippen molar-refractivity contribution in [2.24, 2.45) is 52.0 Å². The summed E-state index contributed by atoms with van der Waals surface area (Å²) in [5, 5.41) is 37.6. The number of hydrogen-bond acceptors (Lipinski definition) is 11. The van der Waals surface area contributed by atoms with E-state index < -0.39 is 77.8 Å². The molecule has 0 radical (unpaired) electrons. The standard InChI is InChI=1S/C41H73NO10/c1-16-18-47-40(14)20-23(4)33(42-46)26(7)35(43)41(15,45)31(17-2)50-37(44)28(9)34(51-32-21-39(12,13)29(10)30(11)49-32)27(8)36(40)52-38-25(6)22(3)19-24(5)48-38/h16,22-32,34-36,38,43,45-46H,1,17-21H2,2-15H3/b42-33-/t22-,23+,24+,25+,26-,27-,28+,29-,30-,31+,32?,34-,35+,36+,38-,40-,41+/m0/s1. The van der Waals surface area contributed by atoms with Crippen molar-refractivity contribution in [3.05, 3.63) is 12.7 Å². The monoisotopic (exact) mass is 740 g/mol. The minimum atomic E-state index is -1.87. The average molecular weight is 740 g/mol. The lowest BCUT2D eigenvalue weighted by Crippen LogP contribution is -2.59. The first-order valence-electron chi connectivity index (χ1n) is 19.7. The first-order valence-corrected chi connectivity index (χ1v) is 19.7. The Morgan fingerprint density at radius 1 is 0.942 bits per heavy atom. The maximum Gasteiger partial charge on any atom is 0.311 e. The van der Waals surface area contributed by atoms with Crippen molar-refractivity contribution in [3.8, 4) is 0 Å². The molecule has 3 saturated heterocycles. The van der Waals surface area contributed by atoms with Crippen LogP contribution in [0.15, 0.2) is 17.8 Å². The predicted molar refractivity (Wildman–Crippen MR) is 201 cm³/mol. The number of aliphatic hydroxyl groups is 2. The molecule has 0 amide bonds. The van der Waals surface area contributed by atoms with Crippen molar-refractivity contribution in [3.63, 3.8) is 0 Å². The van der Waals surface area contributed by atoms with E-state index in [4.69, 9.17) is 28.4 Å². The fraction of sp³-hybridized carbons (Fsp3) is 0.902. The highest BCUT2D eigenvalue weighted by Crippen LogP contribution is 2.45. The lowest BCUT2D eigenvalue weighted by Gasteiger charge is -2.50. The highest BCUT2D eigenvalue weighted by molar-refractivity contribution is 5.88. The van der Waals surface area contributed by atoms with Crippen LogP contribution in [-0.4, -0.2) is 94.1 Å². The van der Waals surface area contributed by atoms with Gasteiger partial charge in [0.2, 0.25) is 0 Å². The van der Waals surface area contributed by atoms with Gasteiger partial charge in [0.25, 0.3) is 0 Å². The van der Waals surface area contributed by atoms with E-state index in [1.54, 1.807) is 26.8 Å². The normalized spacial score (nSPS) is 47.7. The lowest BCUT2D eigenvalue weighted by atomic mass is 9.72. The summed E-state index contributed by atoms with van der Waals surface area (Å²) in [6, 6.07) is 0. The van der Waals surface area contributed by atoms with Gasteiger partial charge in [0.05, 0.1) is 54.4 Å². The zero-order valence-electron chi connectivity index (χ0n) is 34.6. The van der Waals surface area contributed by atoms with E-state index >= 15 is 0 Å². The molecule has 17 atom stereocenters. The summed E-state index contributed by atoms with van der Waals surface area (Å²) in [4.78, 5) is 14.3. The van der Waals surface area contributed by atoms with Gasteiger partial charge in [-0.05, 0) is 71.1 Å². The average Bonchev–Trinajstić information content (AvgIpc) is 3.06. The number of rotatable bonds is 8. The van der Waals surface area contributed by atoms with Crippen LogP contribution in [0.4, 0.5) is 0 Å².